The first-order chi connectivity index (χ1) is 8.65. The topological polar surface area (TPSA) is 57.6 Å². The van der Waals surface area contributed by atoms with Gasteiger partial charge < -0.3 is 5.11 Å². The van der Waals surface area contributed by atoms with Crippen molar-refractivity contribution in [3.05, 3.63) is 60.2 Å². The molecule has 0 saturated heterocycles. The normalized spacial score (nSPS) is 16.2. The maximum absolute atomic E-state index is 12.0. The number of nitrogens with zero attached hydrogens (tertiary/aromatic N) is 1. The van der Waals surface area contributed by atoms with Crippen LogP contribution in [0.4, 0.5) is 0 Å². The molecule has 0 bridgehead atoms. The second-order valence-corrected chi connectivity index (χ2v) is 3.95. The smallest absolute Gasteiger partial charge is 0.261 e. The number of carbonyl (C=O) groups is 2. The number of amides is 2. The number of aliphatic hydroxyl groups excluding tert-OH is 1. The number of carbonyl (C=O) groups excluding carboxylic acids is 2. The molecule has 2 amide bonds. The van der Waals surface area contributed by atoms with Gasteiger partial charge in [-0.15, -0.1) is 0 Å². The maximum Gasteiger partial charge on any atom is 0.261 e. The monoisotopic (exact) mass is 243 g/mol. The molecule has 0 unspecified atom stereocenters. The van der Waals surface area contributed by atoms with Crippen LogP contribution >= 0.6 is 0 Å². The molecule has 1 atom stereocenters. The van der Waals surface area contributed by atoms with Crippen LogP contribution in [0.25, 0.3) is 0 Å². The number of aliphatic hydroxyl groups is 1. The number of imide groups is 1. The molecule has 1 N–H and O–H groups in total. The SMILES string of the molecule is C=C/C=C\[C@H](O)CN1C(=O)c2ccccc2C1=O. The summed E-state index contributed by atoms with van der Waals surface area (Å²) in [5.74, 6) is -0.719. The fraction of sp³-hybridized carbons (Fsp3) is 0.143. The standard InChI is InChI=1S/C14H13NO3/c1-2-3-6-10(16)9-15-13(17)11-7-4-5-8-12(11)14(15)18/h2-8,10,16H,1,9H2/b6-3-/t10-/m0/s1. The Kier molecular flexibility index (Phi) is 3.39. The van der Waals surface area contributed by atoms with Crippen LogP contribution in [0.15, 0.2) is 49.1 Å². The fourth-order valence-electron chi connectivity index (χ4n) is 1.86. The first-order valence-corrected chi connectivity index (χ1v) is 5.57. The Labute approximate surface area is 105 Å². The Morgan fingerprint density at radius 2 is 1.78 bits per heavy atom. The summed E-state index contributed by atoms with van der Waals surface area (Å²) in [5.41, 5.74) is 0.782. The van der Waals surface area contributed by atoms with Crippen LogP contribution < -0.4 is 0 Å². The van der Waals surface area contributed by atoms with Gasteiger partial charge in [-0.2, -0.15) is 0 Å². The third-order valence-corrected chi connectivity index (χ3v) is 2.72. The van der Waals surface area contributed by atoms with Crippen LogP contribution in [-0.2, 0) is 0 Å². The summed E-state index contributed by atoms with van der Waals surface area (Å²) in [5, 5.41) is 9.67. The number of β-amino-alcohol motifs (C(OH)–C–C–N with tert-alkyl or cyclic N) is 1. The molecule has 0 aliphatic carbocycles. The molecule has 18 heavy (non-hydrogen) atoms. The fourth-order valence-corrected chi connectivity index (χ4v) is 1.86. The minimum Gasteiger partial charge on any atom is -0.387 e. The molecular weight excluding hydrogens is 230 g/mol. The molecule has 1 aliphatic rings. The lowest BCUT2D eigenvalue weighted by Crippen LogP contribution is -2.36. The van der Waals surface area contributed by atoms with Crippen molar-refractivity contribution in [3.63, 3.8) is 0 Å². The highest BCUT2D eigenvalue weighted by molar-refractivity contribution is 6.21. The minimum absolute atomic E-state index is 0.0450. The number of allylic oxidation sites excluding steroid dienone is 2. The molecule has 0 radical (unpaired) electrons. The summed E-state index contributed by atoms with van der Waals surface area (Å²) in [6.45, 7) is 3.44. The second kappa shape index (κ2) is 4.98. The van der Waals surface area contributed by atoms with Gasteiger partial charge in [-0.05, 0) is 12.1 Å². The van der Waals surface area contributed by atoms with Gasteiger partial charge in [0.05, 0.1) is 23.8 Å². The molecule has 92 valence electrons. The molecule has 1 aliphatic heterocycles. The first-order valence-electron chi connectivity index (χ1n) is 5.57. The van der Waals surface area contributed by atoms with Gasteiger partial charge in [-0.3, -0.25) is 14.5 Å². The Hall–Kier alpha value is -2.20. The Balaban J connectivity index is 2.18. The van der Waals surface area contributed by atoms with Gasteiger partial charge >= 0.3 is 0 Å². The van der Waals surface area contributed by atoms with Crippen LogP contribution in [0.5, 0.6) is 0 Å². The minimum atomic E-state index is -0.884. The van der Waals surface area contributed by atoms with Crippen LogP contribution in [0.1, 0.15) is 20.7 Å². The predicted octanol–water partition coefficient (Wildman–Crippen LogP) is 1.39. The van der Waals surface area contributed by atoms with Crippen molar-refractivity contribution in [3.8, 4) is 0 Å². The van der Waals surface area contributed by atoms with Crippen LogP contribution in [0, 0.1) is 0 Å². The quantitative estimate of drug-likeness (QED) is 0.642. The van der Waals surface area contributed by atoms with Crippen molar-refractivity contribution >= 4 is 11.8 Å². The third-order valence-electron chi connectivity index (χ3n) is 2.72. The summed E-state index contributed by atoms with van der Waals surface area (Å²) >= 11 is 0. The van der Waals surface area contributed by atoms with Gasteiger partial charge in [0.1, 0.15) is 0 Å². The molecule has 0 saturated carbocycles. The van der Waals surface area contributed by atoms with Gasteiger partial charge in [0.25, 0.3) is 11.8 Å². The van der Waals surface area contributed by atoms with E-state index in [1.165, 1.54) is 12.2 Å². The van der Waals surface area contributed by atoms with E-state index in [-0.39, 0.29) is 18.4 Å². The van der Waals surface area contributed by atoms with E-state index in [1.807, 2.05) is 0 Å². The van der Waals surface area contributed by atoms with E-state index in [0.717, 1.165) is 4.90 Å². The molecule has 0 aromatic heterocycles. The average molecular weight is 243 g/mol. The van der Waals surface area contributed by atoms with Gasteiger partial charge in [0.2, 0.25) is 0 Å². The summed E-state index contributed by atoms with van der Waals surface area (Å²) in [6.07, 6.45) is 3.69. The van der Waals surface area contributed by atoms with Crippen molar-refractivity contribution in [2.45, 2.75) is 6.10 Å². The summed E-state index contributed by atoms with van der Waals surface area (Å²) < 4.78 is 0. The van der Waals surface area contributed by atoms with Gasteiger partial charge in [0, 0.05) is 0 Å². The van der Waals surface area contributed by atoms with E-state index in [0.29, 0.717) is 11.1 Å². The molecule has 1 aromatic carbocycles. The van der Waals surface area contributed by atoms with Crippen molar-refractivity contribution < 1.29 is 14.7 Å². The van der Waals surface area contributed by atoms with Gasteiger partial charge in [-0.1, -0.05) is 36.9 Å². The predicted molar refractivity (Wildman–Crippen MR) is 67.2 cm³/mol. The number of hydrogen-bond acceptors (Lipinski definition) is 3. The van der Waals surface area contributed by atoms with Gasteiger partial charge in [-0.25, -0.2) is 0 Å². The van der Waals surface area contributed by atoms with Crippen LogP contribution in [-0.4, -0.2) is 34.5 Å². The van der Waals surface area contributed by atoms with Crippen molar-refractivity contribution in [2.24, 2.45) is 0 Å². The molecule has 1 heterocycles. The van der Waals surface area contributed by atoms with Crippen LogP contribution in [0.3, 0.4) is 0 Å². The summed E-state index contributed by atoms with van der Waals surface area (Å²) in [7, 11) is 0. The number of rotatable bonds is 4. The highest BCUT2D eigenvalue weighted by atomic mass is 16.3. The van der Waals surface area contributed by atoms with Crippen molar-refractivity contribution in [1.29, 1.82) is 0 Å². The zero-order valence-electron chi connectivity index (χ0n) is 9.74. The van der Waals surface area contributed by atoms with E-state index in [1.54, 1.807) is 30.3 Å². The molecule has 1 aromatic rings. The molecule has 0 fully saturated rings. The van der Waals surface area contributed by atoms with E-state index in [4.69, 9.17) is 0 Å². The van der Waals surface area contributed by atoms with E-state index in [2.05, 4.69) is 6.58 Å². The van der Waals surface area contributed by atoms with Gasteiger partial charge in [0.15, 0.2) is 0 Å². The number of fused-ring (bicyclic) bond motifs is 1. The zero-order valence-corrected chi connectivity index (χ0v) is 9.74. The molecule has 2 rings (SSSR count). The highest BCUT2D eigenvalue weighted by Crippen LogP contribution is 2.22. The van der Waals surface area contributed by atoms with E-state index < -0.39 is 6.10 Å². The highest BCUT2D eigenvalue weighted by Gasteiger charge is 2.35. The Morgan fingerprint density at radius 1 is 1.22 bits per heavy atom. The first kappa shape index (κ1) is 12.3. The lowest BCUT2D eigenvalue weighted by atomic mass is 10.1. The Bertz CT molecular complexity index is 499. The third kappa shape index (κ3) is 2.10. The largest absolute Gasteiger partial charge is 0.387 e. The second-order valence-electron chi connectivity index (χ2n) is 3.95. The molecular formula is C14H13NO3. The molecule has 4 nitrogen and oxygen atoms in total. The van der Waals surface area contributed by atoms with Crippen molar-refractivity contribution in [2.75, 3.05) is 6.54 Å². The average Bonchev–Trinajstić information content (AvgIpc) is 2.62. The number of benzene rings is 1. The Morgan fingerprint density at radius 3 is 2.28 bits per heavy atom. The van der Waals surface area contributed by atoms with Crippen LogP contribution in [0.2, 0.25) is 0 Å². The lowest BCUT2D eigenvalue weighted by Gasteiger charge is -2.15. The zero-order chi connectivity index (χ0) is 13.1. The lowest BCUT2D eigenvalue weighted by molar-refractivity contribution is 0.0586. The molecule has 4 heteroatoms. The van der Waals surface area contributed by atoms with Crippen molar-refractivity contribution in [1.82, 2.24) is 4.90 Å². The molecule has 0 spiro atoms. The maximum atomic E-state index is 12.0. The summed E-state index contributed by atoms with van der Waals surface area (Å²) in [6, 6.07) is 6.65. The summed E-state index contributed by atoms with van der Waals surface area (Å²) in [4.78, 5) is 25.0. The number of hydrogen-bond donors (Lipinski definition) is 1. The van der Waals surface area contributed by atoms with E-state index >= 15 is 0 Å². The van der Waals surface area contributed by atoms with E-state index in [9.17, 15) is 14.7 Å².